The van der Waals surface area contributed by atoms with Gasteiger partial charge in [-0.05, 0) is 95.5 Å². The molecule has 3 N–H and O–H groups in total. The molecule has 3 fully saturated rings. The standard InChI is InChI=1S/C38H49N5O10S/c1-8-22(3)31(44)15-14-29(40-36(48)53-37(4,5)6)34(46)43-21-26(52-33-28-13-10-25(51-7)18-23(28)16-17-39-33)19-30(43)32(45)41-38(20-24(38)9-2)35(47)42-54(49,50)27-11-12-27/h8-10,13,16-18,24,26-27,29-30H,2,11-12,14-15,19-21H2,1,3-7H3,(H,40,48)(H,41,45)(H,42,47)/b22-8+/t24-,26?,29+,30+,38-/m1/s1. The summed E-state index contributed by atoms with van der Waals surface area (Å²) in [6.45, 7) is 12.0. The third-order valence-corrected chi connectivity index (χ3v) is 11.7. The molecule has 3 aliphatic rings. The van der Waals surface area contributed by atoms with Gasteiger partial charge in [-0.3, -0.25) is 23.9 Å². The monoisotopic (exact) mass is 767 g/mol. The topological polar surface area (TPSA) is 199 Å². The maximum absolute atomic E-state index is 14.5. The summed E-state index contributed by atoms with van der Waals surface area (Å²) in [6.07, 6.45) is 3.75. The van der Waals surface area contributed by atoms with Crippen molar-refractivity contribution in [2.75, 3.05) is 13.7 Å². The zero-order valence-electron chi connectivity index (χ0n) is 31.5. The Balaban J connectivity index is 1.45. The van der Waals surface area contributed by atoms with E-state index in [4.69, 9.17) is 14.2 Å². The first-order valence-electron chi connectivity index (χ1n) is 18.0. The van der Waals surface area contributed by atoms with Crippen molar-refractivity contribution in [3.05, 3.63) is 54.8 Å². The number of rotatable bonds is 15. The van der Waals surface area contributed by atoms with Crippen molar-refractivity contribution in [3.63, 3.8) is 0 Å². The quantitative estimate of drug-likeness (QED) is 0.177. The Morgan fingerprint density at radius 1 is 1.15 bits per heavy atom. The van der Waals surface area contributed by atoms with Crippen LogP contribution in [0.15, 0.2) is 54.8 Å². The Kier molecular flexibility index (Phi) is 11.7. The molecule has 16 heteroatoms. The van der Waals surface area contributed by atoms with Crippen molar-refractivity contribution < 1.29 is 46.6 Å². The molecule has 5 rings (SSSR count). The van der Waals surface area contributed by atoms with Gasteiger partial charge < -0.3 is 29.7 Å². The number of nitrogens with zero attached hydrogens (tertiary/aromatic N) is 2. The predicted molar refractivity (Wildman–Crippen MR) is 199 cm³/mol. The molecule has 54 heavy (non-hydrogen) atoms. The van der Waals surface area contributed by atoms with Crippen LogP contribution < -0.4 is 24.8 Å². The Labute approximate surface area is 315 Å². The number of carbonyl (C=O) groups excluding carboxylic acids is 5. The largest absolute Gasteiger partial charge is 0.497 e. The van der Waals surface area contributed by atoms with Gasteiger partial charge in [0.1, 0.15) is 35.1 Å². The molecule has 0 bridgehead atoms. The van der Waals surface area contributed by atoms with E-state index in [9.17, 15) is 32.4 Å². The average molecular weight is 768 g/mol. The summed E-state index contributed by atoms with van der Waals surface area (Å²) >= 11 is 0. The number of hydrogen-bond acceptors (Lipinski definition) is 11. The van der Waals surface area contributed by atoms with Crippen LogP contribution in [0.25, 0.3) is 10.8 Å². The number of aromatic nitrogens is 1. The fourth-order valence-electron chi connectivity index (χ4n) is 6.44. The number of benzene rings is 1. The first-order chi connectivity index (χ1) is 25.4. The number of fused-ring (bicyclic) bond motifs is 1. The average Bonchev–Trinajstić information content (AvgIpc) is 4.05. The summed E-state index contributed by atoms with van der Waals surface area (Å²) in [6, 6.07) is 4.62. The molecular formula is C38H49N5O10S. The molecule has 5 atom stereocenters. The van der Waals surface area contributed by atoms with Gasteiger partial charge in [-0.15, -0.1) is 6.58 Å². The van der Waals surface area contributed by atoms with Gasteiger partial charge in [0, 0.05) is 30.3 Å². The summed E-state index contributed by atoms with van der Waals surface area (Å²) in [5, 5.41) is 6.11. The molecule has 1 aromatic heterocycles. The van der Waals surface area contributed by atoms with Crippen molar-refractivity contribution in [2.45, 2.75) is 108 Å². The lowest BCUT2D eigenvalue weighted by atomic mass is 10.0. The molecule has 292 valence electrons. The summed E-state index contributed by atoms with van der Waals surface area (Å²) in [5.41, 5.74) is -2.01. The van der Waals surface area contributed by atoms with Crippen molar-refractivity contribution >= 4 is 50.4 Å². The zero-order valence-corrected chi connectivity index (χ0v) is 32.3. The molecule has 1 aliphatic heterocycles. The van der Waals surface area contributed by atoms with Crippen molar-refractivity contribution in [3.8, 4) is 11.6 Å². The van der Waals surface area contributed by atoms with Crippen LogP contribution in [0.5, 0.6) is 11.6 Å². The molecule has 0 radical (unpaired) electrons. The molecule has 2 heterocycles. The second-order valence-electron chi connectivity index (χ2n) is 15.0. The van der Waals surface area contributed by atoms with Crippen LogP contribution >= 0.6 is 0 Å². The number of sulfonamides is 1. The number of Topliss-reactive ketones (excluding diaryl/α,β-unsaturated/α-hetero) is 1. The van der Waals surface area contributed by atoms with Crippen LogP contribution in [0.1, 0.15) is 73.1 Å². The third-order valence-electron chi connectivity index (χ3n) is 9.83. The maximum Gasteiger partial charge on any atom is 0.408 e. The molecule has 1 saturated heterocycles. The Hall–Kier alpha value is -4.99. The molecule has 4 amide bonds. The van der Waals surface area contributed by atoms with E-state index in [0.29, 0.717) is 29.6 Å². The number of carbonyl (C=O) groups is 5. The first-order valence-corrected chi connectivity index (χ1v) is 19.5. The predicted octanol–water partition coefficient (Wildman–Crippen LogP) is 3.47. The SMILES string of the molecule is C=C[C@@H]1C[C@]1(NC(=O)[C@@H]1CC(Oc2nccc3cc(OC)ccc23)CN1C(=O)[C@H](CCC(=O)/C(C)=C/C)NC(=O)OC(C)(C)C)C(=O)NS(=O)(=O)C1CC1. The van der Waals surface area contributed by atoms with E-state index in [1.54, 1.807) is 72.2 Å². The minimum absolute atomic E-state index is 0.0433. The minimum atomic E-state index is -3.93. The van der Waals surface area contributed by atoms with Gasteiger partial charge in [0.25, 0.3) is 5.91 Å². The number of likely N-dealkylation sites (tertiary alicyclic amines) is 1. The fraction of sp³-hybridized carbons (Fsp3) is 0.526. The molecule has 2 saturated carbocycles. The van der Waals surface area contributed by atoms with Crippen LogP contribution in [0, 0.1) is 5.92 Å². The summed E-state index contributed by atoms with van der Waals surface area (Å²) < 4.78 is 44.7. The first kappa shape index (κ1) is 40.2. The smallest absolute Gasteiger partial charge is 0.408 e. The number of ketones is 1. The van der Waals surface area contributed by atoms with E-state index in [2.05, 4.69) is 26.9 Å². The van der Waals surface area contributed by atoms with Crippen molar-refractivity contribution in [1.82, 2.24) is 25.2 Å². The highest BCUT2D eigenvalue weighted by atomic mass is 32.2. The van der Waals surface area contributed by atoms with E-state index >= 15 is 0 Å². The zero-order chi connectivity index (χ0) is 39.6. The second kappa shape index (κ2) is 15.8. The molecule has 1 aromatic carbocycles. The number of nitrogens with one attached hydrogen (secondary N) is 3. The molecule has 2 aliphatic carbocycles. The fourth-order valence-corrected chi connectivity index (χ4v) is 7.81. The van der Waals surface area contributed by atoms with Gasteiger partial charge in [0.15, 0.2) is 5.78 Å². The Bertz CT molecular complexity index is 1970. The molecule has 2 aromatic rings. The summed E-state index contributed by atoms with van der Waals surface area (Å²) in [4.78, 5) is 73.7. The van der Waals surface area contributed by atoms with E-state index < -0.39 is 74.3 Å². The van der Waals surface area contributed by atoms with Gasteiger partial charge >= 0.3 is 6.09 Å². The Morgan fingerprint density at radius 3 is 2.48 bits per heavy atom. The van der Waals surface area contributed by atoms with Gasteiger partial charge in [-0.2, -0.15) is 0 Å². The lowest BCUT2D eigenvalue weighted by Crippen LogP contribution is -2.58. The van der Waals surface area contributed by atoms with Crippen LogP contribution in [0.3, 0.4) is 0 Å². The maximum atomic E-state index is 14.5. The van der Waals surface area contributed by atoms with E-state index in [0.717, 1.165) is 5.39 Å². The lowest BCUT2D eigenvalue weighted by molar-refractivity contribution is -0.141. The number of alkyl carbamates (subject to hydrolysis) is 1. The van der Waals surface area contributed by atoms with Gasteiger partial charge in [0.2, 0.25) is 27.7 Å². The van der Waals surface area contributed by atoms with Crippen LogP contribution in [-0.2, 0) is 33.9 Å². The molecule has 1 unspecified atom stereocenters. The van der Waals surface area contributed by atoms with E-state index in [-0.39, 0.29) is 43.9 Å². The van der Waals surface area contributed by atoms with Crippen LogP contribution in [-0.4, -0.2) is 96.1 Å². The van der Waals surface area contributed by atoms with E-state index in [1.807, 2.05) is 6.07 Å². The highest BCUT2D eigenvalue weighted by Gasteiger charge is 2.62. The van der Waals surface area contributed by atoms with Gasteiger partial charge in [-0.1, -0.05) is 12.2 Å². The highest BCUT2D eigenvalue weighted by molar-refractivity contribution is 7.91. The van der Waals surface area contributed by atoms with Crippen LogP contribution in [0.2, 0.25) is 0 Å². The number of ether oxygens (including phenoxy) is 3. The van der Waals surface area contributed by atoms with E-state index in [1.165, 1.54) is 11.0 Å². The molecule has 15 nitrogen and oxygen atoms in total. The van der Waals surface area contributed by atoms with Gasteiger partial charge in [0.05, 0.1) is 18.9 Å². The number of pyridine rings is 1. The Morgan fingerprint density at radius 2 is 1.87 bits per heavy atom. The lowest BCUT2D eigenvalue weighted by Gasteiger charge is -2.30. The molecular weight excluding hydrogens is 719 g/mol. The normalized spacial score (nSPS) is 23.2. The highest BCUT2D eigenvalue weighted by Crippen LogP contribution is 2.45. The third kappa shape index (κ3) is 9.20. The van der Waals surface area contributed by atoms with Gasteiger partial charge in [-0.25, -0.2) is 18.2 Å². The molecule has 0 spiro atoms. The second-order valence-corrected chi connectivity index (χ2v) is 17.0. The minimum Gasteiger partial charge on any atom is -0.497 e. The summed E-state index contributed by atoms with van der Waals surface area (Å²) in [7, 11) is -2.38. The number of hydrogen-bond donors (Lipinski definition) is 3. The number of amides is 4. The number of allylic oxidation sites excluding steroid dienone is 2. The van der Waals surface area contributed by atoms with Crippen molar-refractivity contribution in [1.29, 1.82) is 0 Å². The van der Waals surface area contributed by atoms with Crippen molar-refractivity contribution in [2.24, 2.45) is 5.92 Å². The van der Waals surface area contributed by atoms with Crippen LogP contribution in [0.4, 0.5) is 4.79 Å². The number of methoxy groups -OCH3 is 1. The summed E-state index contributed by atoms with van der Waals surface area (Å²) in [5.74, 6) is -2.21.